The molecule has 0 saturated heterocycles. The largest absolute Gasteiger partial charge is 0.507 e. The van der Waals surface area contributed by atoms with E-state index in [1.807, 2.05) is 78.9 Å². The lowest BCUT2D eigenvalue weighted by molar-refractivity contribution is 0.0951. The van der Waals surface area contributed by atoms with Crippen molar-refractivity contribution in [2.24, 2.45) is 0 Å². The Bertz CT molecular complexity index is 1370. The maximum atomic E-state index is 12.6. The van der Waals surface area contributed by atoms with Crippen LogP contribution >= 0.6 is 0 Å². The lowest BCUT2D eigenvalue weighted by Crippen LogP contribution is -2.22. The van der Waals surface area contributed by atoms with Gasteiger partial charge in [0.15, 0.2) is 0 Å². The Hall–Kier alpha value is -4.05. The van der Waals surface area contributed by atoms with Crippen LogP contribution in [0.25, 0.3) is 32.9 Å². The molecule has 0 aliphatic rings. The van der Waals surface area contributed by atoms with E-state index in [1.54, 1.807) is 6.07 Å². The molecular weight excluding hydrogens is 374 g/mol. The van der Waals surface area contributed by atoms with E-state index in [0.29, 0.717) is 17.7 Å². The highest BCUT2D eigenvalue weighted by Crippen LogP contribution is 2.36. The molecule has 30 heavy (non-hydrogen) atoms. The van der Waals surface area contributed by atoms with E-state index in [9.17, 15) is 9.90 Å². The first-order valence-electron chi connectivity index (χ1n) is 9.75. The second kappa shape index (κ2) is 7.41. The third-order valence-corrected chi connectivity index (χ3v) is 5.30. The molecule has 0 atom stereocenters. The van der Waals surface area contributed by atoms with Crippen LogP contribution < -0.4 is 5.32 Å². The first kappa shape index (κ1) is 18.0. The second-order valence-corrected chi connectivity index (χ2v) is 7.21. The highest BCUT2D eigenvalue weighted by Gasteiger charge is 2.14. The minimum Gasteiger partial charge on any atom is -0.507 e. The fraction of sp³-hybridized carbons (Fsp3) is 0.0385. The minimum absolute atomic E-state index is 0.171. The summed E-state index contributed by atoms with van der Waals surface area (Å²) >= 11 is 0. The number of para-hydroxylation sites is 1. The average Bonchev–Trinajstić information content (AvgIpc) is 3.22. The molecule has 1 aromatic heterocycles. The van der Waals surface area contributed by atoms with Gasteiger partial charge < -0.3 is 14.8 Å². The molecule has 0 aliphatic carbocycles. The first-order valence-corrected chi connectivity index (χ1v) is 9.75. The molecule has 0 saturated carbocycles. The summed E-state index contributed by atoms with van der Waals surface area (Å²) in [6, 6.07) is 26.9. The number of carbonyl (C=O) groups excluding carboxylic acids is 1. The van der Waals surface area contributed by atoms with Crippen LogP contribution in [0.5, 0.6) is 5.75 Å². The standard InChI is InChI=1S/C26H19NO3/c28-23-13-11-19-14-17(10-12-20(19)25(23)18-6-2-1-3-7-18)15-27-26(29)22-16-30-24-9-5-4-8-21(22)24/h1-14,16,28H,15H2,(H,27,29). The zero-order chi connectivity index (χ0) is 20.5. The topological polar surface area (TPSA) is 62.5 Å². The fourth-order valence-electron chi connectivity index (χ4n) is 3.82. The van der Waals surface area contributed by atoms with Crippen LogP contribution in [0.3, 0.4) is 0 Å². The smallest absolute Gasteiger partial charge is 0.255 e. The van der Waals surface area contributed by atoms with Gasteiger partial charge >= 0.3 is 0 Å². The van der Waals surface area contributed by atoms with Gasteiger partial charge in [-0.3, -0.25) is 4.79 Å². The van der Waals surface area contributed by atoms with Crippen molar-refractivity contribution in [1.29, 1.82) is 0 Å². The van der Waals surface area contributed by atoms with Crippen LogP contribution in [0.15, 0.2) is 95.6 Å². The number of phenols is 1. The maximum Gasteiger partial charge on any atom is 0.255 e. The number of phenolic OH excluding ortho intramolecular Hbond substituents is 1. The van der Waals surface area contributed by atoms with Gasteiger partial charge in [-0.2, -0.15) is 0 Å². The summed E-state index contributed by atoms with van der Waals surface area (Å²) in [7, 11) is 0. The monoisotopic (exact) mass is 393 g/mol. The lowest BCUT2D eigenvalue weighted by Gasteiger charge is -2.11. The number of amides is 1. The molecule has 4 nitrogen and oxygen atoms in total. The molecule has 0 unspecified atom stereocenters. The minimum atomic E-state index is -0.171. The van der Waals surface area contributed by atoms with E-state index in [-0.39, 0.29) is 11.7 Å². The summed E-state index contributed by atoms with van der Waals surface area (Å²) in [5, 5.41) is 16.2. The Morgan fingerprint density at radius 2 is 1.67 bits per heavy atom. The van der Waals surface area contributed by atoms with Gasteiger partial charge in [-0.1, -0.05) is 66.7 Å². The van der Waals surface area contributed by atoms with Crippen molar-refractivity contribution in [1.82, 2.24) is 5.32 Å². The van der Waals surface area contributed by atoms with Crippen LogP contribution in [0.1, 0.15) is 15.9 Å². The Morgan fingerprint density at radius 1 is 0.867 bits per heavy atom. The van der Waals surface area contributed by atoms with Gasteiger partial charge in [0.1, 0.15) is 17.6 Å². The van der Waals surface area contributed by atoms with Crippen molar-refractivity contribution in [2.75, 3.05) is 0 Å². The highest BCUT2D eigenvalue weighted by atomic mass is 16.3. The van der Waals surface area contributed by atoms with Gasteiger partial charge in [-0.05, 0) is 40.1 Å². The predicted octanol–water partition coefficient (Wildman–Crippen LogP) is 5.89. The summed E-state index contributed by atoms with van der Waals surface area (Å²) < 4.78 is 5.46. The highest BCUT2D eigenvalue weighted by molar-refractivity contribution is 6.06. The Balaban J connectivity index is 1.42. The van der Waals surface area contributed by atoms with E-state index >= 15 is 0 Å². The fourth-order valence-corrected chi connectivity index (χ4v) is 3.82. The zero-order valence-corrected chi connectivity index (χ0v) is 16.1. The van der Waals surface area contributed by atoms with Crippen LogP contribution in [-0.4, -0.2) is 11.0 Å². The molecule has 0 aliphatic heterocycles. The number of hydrogen-bond donors (Lipinski definition) is 2. The van der Waals surface area contributed by atoms with E-state index in [4.69, 9.17) is 4.42 Å². The third-order valence-electron chi connectivity index (χ3n) is 5.30. The molecule has 4 heteroatoms. The van der Waals surface area contributed by atoms with Crippen molar-refractivity contribution in [2.45, 2.75) is 6.54 Å². The summed E-state index contributed by atoms with van der Waals surface area (Å²) in [5.74, 6) is 0.0808. The van der Waals surface area contributed by atoms with Gasteiger partial charge in [-0.15, -0.1) is 0 Å². The van der Waals surface area contributed by atoms with Crippen molar-refractivity contribution in [3.05, 3.63) is 102 Å². The van der Waals surface area contributed by atoms with Crippen LogP contribution in [-0.2, 0) is 6.54 Å². The molecule has 1 amide bonds. The van der Waals surface area contributed by atoms with Crippen molar-refractivity contribution in [3.8, 4) is 16.9 Å². The Labute approximate surface area is 173 Å². The number of carbonyl (C=O) groups is 1. The number of furan rings is 1. The zero-order valence-electron chi connectivity index (χ0n) is 16.1. The van der Waals surface area contributed by atoms with E-state index in [2.05, 4.69) is 5.32 Å². The van der Waals surface area contributed by atoms with E-state index < -0.39 is 0 Å². The number of benzene rings is 4. The summed E-state index contributed by atoms with van der Waals surface area (Å²) in [5.41, 5.74) is 3.99. The molecule has 4 aromatic carbocycles. The lowest BCUT2D eigenvalue weighted by atomic mass is 9.96. The molecule has 2 N–H and O–H groups in total. The van der Waals surface area contributed by atoms with Gasteiger partial charge in [0, 0.05) is 17.5 Å². The van der Waals surface area contributed by atoms with Gasteiger partial charge in [0.25, 0.3) is 5.91 Å². The molecule has 0 radical (unpaired) electrons. The van der Waals surface area contributed by atoms with Crippen molar-refractivity contribution in [3.63, 3.8) is 0 Å². The molecule has 1 heterocycles. The van der Waals surface area contributed by atoms with E-state index in [0.717, 1.165) is 32.8 Å². The molecule has 5 rings (SSSR count). The molecule has 0 bridgehead atoms. The predicted molar refractivity (Wildman–Crippen MR) is 118 cm³/mol. The summed E-state index contributed by atoms with van der Waals surface area (Å²) in [6.45, 7) is 0.399. The maximum absolute atomic E-state index is 12.6. The number of nitrogens with one attached hydrogen (secondary N) is 1. The van der Waals surface area contributed by atoms with E-state index in [1.165, 1.54) is 6.26 Å². The van der Waals surface area contributed by atoms with Crippen molar-refractivity contribution < 1.29 is 14.3 Å². The molecular formula is C26H19NO3. The number of aromatic hydroxyl groups is 1. The molecule has 0 spiro atoms. The first-order chi connectivity index (χ1) is 14.7. The van der Waals surface area contributed by atoms with Gasteiger partial charge in [-0.25, -0.2) is 0 Å². The number of hydrogen-bond acceptors (Lipinski definition) is 3. The third kappa shape index (κ3) is 3.18. The van der Waals surface area contributed by atoms with Crippen LogP contribution in [0.2, 0.25) is 0 Å². The van der Waals surface area contributed by atoms with Gasteiger partial charge in [0.2, 0.25) is 0 Å². The molecule has 5 aromatic rings. The summed E-state index contributed by atoms with van der Waals surface area (Å²) in [4.78, 5) is 12.6. The average molecular weight is 393 g/mol. The van der Waals surface area contributed by atoms with Crippen LogP contribution in [0.4, 0.5) is 0 Å². The quantitative estimate of drug-likeness (QED) is 0.400. The molecule has 0 fully saturated rings. The van der Waals surface area contributed by atoms with Crippen LogP contribution in [0, 0.1) is 0 Å². The normalized spacial score (nSPS) is 11.1. The SMILES string of the molecule is O=C(NCc1ccc2c(-c3ccccc3)c(O)ccc2c1)c1coc2ccccc12. The summed E-state index contributed by atoms with van der Waals surface area (Å²) in [6.07, 6.45) is 1.50. The number of fused-ring (bicyclic) bond motifs is 2. The molecule has 146 valence electrons. The van der Waals surface area contributed by atoms with Gasteiger partial charge in [0.05, 0.1) is 5.56 Å². The second-order valence-electron chi connectivity index (χ2n) is 7.21. The Morgan fingerprint density at radius 3 is 2.53 bits per heavy atom. The van der Waals surface area contributed by atoms with Crippen molar-refractivity contribution >= 4 is 27.6 Å². The Kier molecular flexibility index (Phi) is 4.45. The number of rotatable bonds is 4.